The molecule has 0 bridgehead atoms. The fourth-order valence-electron chi connectivity index (χ4n) is 2.13. The van der Waals surface area contributed by atoms with Crippen molar-refractivity contribution < 1.29 is 5.11 Å². The Balaban J connectivity index is 2.53. The Morgan fingerprint density at radius 1 is 1.38 bits per heavy atom. The van der Waals surface area contributed by atoms with Crippen molar-refractivity contribution in [1.29, 1.82) is 0 Å². The molecule has 90 valence electrons. The van der Waals surface area contributed by atoms with E-state index < -0.39 is 0 Å². The second-order valence-corrected chi connectivity index (χ2v) is 5.20. The molecule has 0 heterocycles. The highest BCUT2D eigenvalue weighted by Gasteiger charge is 2.14. The number of rotatable bonds is 4. The van der Waals surface area contributed by atoms with E-state index in [4.69, 9.17) is 0 Å². The SMILES string of the molecule is CC(C)=CC(O)CC(C)C1=CC=C(C)CC1. The molecule has 1 aliphatic carbocycles. The molecule has 1 nitrogen and oxygen atoms in total. The molecule has 0 aromatic carbocycles. The minimum absolute atomic E-state index is 0.298. The van der Waals surface area contributed by atoms with E-state index in [0.29, 0.717) is 5.92 Å². The van der Waals surface area contributed by atoms with Crippen LogP contribution in [-0.2, 0) is 0 Å². The van der Waals surface area contributed by atoms with Crippen molar-refractivity contribution in [3.05, 3.63) is 34.9 Å². The number of allylic oxidation sites excluding steroid dienone is 5. The molecule has 0 saturated heterocycles. The Labute approximate surface area is 99.6 Å². The van der Waals surface area contributed by atoms with Gasteiger partial charge in [-0.05, 0) is 46.0 Å². The first kappa shape index (κ1) is 13.2. The predicted molar refractivity (Wildman–Crippen MR) is 70.3 cm³/mol. The lowest BCUT2D eigenvalue weighted by molar-refractivity contribution is 0.196. The van der Waals surface area contributed by atoms with Crippen LogP contribution in [0.4, 0.5) is 0 Å². The van der Waals surface area contributed by atoms with Crippen molar-refractivity contribution in [2.75, 3.05) is 0 Å². The van der Waals surface area contributed by atoms with Crippen molar-refractivity contribution in [3.63, 3.8) is 0 Å². The van der Waals surface area contributed by atoms with Gasteiger partial charge in [0.15, 0.2) is 0 Å². The summed E-state index contributed by atoms with van der Waals surface area (Å²) in [6.07, 6.45) is 9.26. The summed E-state index contributed by atoms with van der Waals surface area (Å²) in [6.45, 7) is 8.44. The van der Waals surface area contributed by atoms with Gasteiger partial charge in [0.2, 0.25) is 0 Å². The highest BCUT2D eigenvalue weighted by molar-refractivity contribution is 5.24. The lowest BCUT2D eigenvalue weighted by atomic mass is 9.87. The van der Waals surface area contributed by atoms with E-state index in [0.717, 1.165) is 12.8 Å². The highest BCUT2D eigenvalue weighted by atomic mass is 16.3. The Morgan fingerprint density at radius 2 is 2.06 bits per heavy atom. The van der Waals surface area contributed by atoms with Crippen LogP contribution in [-0.4, -0.2) is 11.2 Å². The van der Waals surface area contributed by atoms with Crippen LogP contribution in [0.2, 0.25) is 0 Å². The highest BCUT2D eigenvalue weighted by Crippen LogP contribution is 2.27. The van der Waals surface area contributed by atoms with Crippen molar-refractivity contribution in [2.45, 2.75) is 53.1 Å². The maximum atomic E-state index is 9.85. The smallest absolute Gasteiger partial charge is 0.0728 e. The summed E-state index contributed by atoms with van der Waals surface area (Å²) >= 11 is 0. The summed E-state index contributed by atoms with van der Waals surface area (Å²) < 4.78 is 0. The fourth-order valence-corrected chi connectivity index (χ4v) is 2.13. The first-order valence-electron chi connectivity index (χ1n) is 6.18. The van der Waals surface area contributed by atoms with E-state index in [1.807, 2.05) is 19.9 Å². The number of aliphatic hydroxyl groups excluding tert-OH is 1. The first-order valence-corrected chi connectivity index (χ1v) is 6.18. The van der Waals surface area contributed by atoms with Gasteiger partial charge in [-0.1, -0.05) is 41.9 Å². The van der Waals surface area contributed by atoms with Gasteiger partial charge in [-0.15, -0.1) is 0 Å². The van der Waals surface area contributed by atoms with Crippen LogP contribution >= 0.6 is 0 Å². The second-order valence-electron chi connectivity index (χ2n) is 5.20. The van der Waals surface area contributed by atoms with Gasteiger partial charge >= 0.3 is 0 Å². The molecule has 0 aromatic heterocycles. The molecule has 16 heavy (non-hydrogen) atoms. The molecular weight excluding hydrogens is 196 g/mol. The summed E-state index contributed by atoms with van der Waals surface area (Å²) in [5.74, 6) is 0.481. The molecule has 0 aliphatic heterocycles. The molecule has 2 unspecified atom stereocenters. The lowest BCUT2D eigenvalue weighted by Gasteiger charge is -2.20. The predicted octanol–water partition coefficient (Wildman–Crippen LogP) is 4.01. The van der Waals surface area contributed by atoms with Gasteiger partial charge in [-0.3, -0.25) is 0 Å². The summed E-state index contributed by atoms with van der Waals surface area (Å²) in [6, 6.07) is 0. The zero-order chi connectivity index (χ0) is 12.1. The monoisotopic (exact) mass is 220 g/mol. The standard InChI is InChI=1S/C15H24O/c1-11(2)9-15(16)10-13(4)14-7-5-12(3)6-8-14/h5,7,9,13,15-16H,6,8,10H2,1-4H3. The van der Waals surface area contributed by atoms with Crippen LogP contribution in [0.15, 0.2) is 34.9 Å². The fraction of sp³-hybridized carbons (Fsp3) is 0.600. The van der Waals surface area contributed by atoms with Crippen molar-refractivity contribution in [1.82, 2.24) is 0 Å². The summed E-state index contributed by atoms with van der Waals surface area (Å²) in [7, 11) is 0. The quantitative estimate of drug-likeness (QED) is 0.710. The number of hydrogen-bond donors (Lipinski definition) is 1. The Bertz CT molecular complexity index is 316. The number of hydrogen-bond acceptors (Lipinski definition) is 1. The molecule has 0 radical (unpaired) electrons. The third-order valence-corrected chi connectivity index (χ3v) is 3.14. The van der Waals surface area contributed by atoms with Gasteiger partial charge in [0, 0.05) is 0 Å². The van der Waals surface area contributed by atoms with Gasteiger partial charge in [-0.2, -0.15) is 0 Å². The molecule has 1 N–H and O–H groups in total. The van der Waals surface area contributed by atoms with E-state index in [-0.39, 0.29) is 6.10 Å². The van der Waals surface area contributed by atoms with Crippen LogP contribution in [0.25, 0.3) is 0 Å². The van der Waals surface area contributed by atoms with Crippen molar-refractivity contribution >= 4 is 0 Å². The molecule has 1 rings (SSSR count). The molecule has 2 atom stereocenters. The van der Waals surface area contributed by atoms with Gasteiger partial charge in [-0.25, -0.2) is 0 Å². The molecule has 1 heteroatoms. The Kier molecular flexibility index (Phi) is 5.01. The zero-order valence-corrected chi connectivity index (χ0v) is 11.0. The number of aliphatic hydroxyl groups is 1. The molecule has 0 fully saturated rings. The molecular formula is C15H24O. The third-order valence-electron chi connectivity index (χ3n) is 3.14. The topological polar surface area (TPSA) is 20.2 Å². The summed E-state index contributed by atoms with van der Waals surface area (Å²) in [4.78, 5) is 0. The van der Waals surface area contributed by atoms with Crippen LogP contribution in [0.5, 0.6) is 0 Å². The van der Waals surface area contributed by atoms with Gasteiger partial charge in [0.05, 0.1) is 6.10 Å². The average Bonchev–Trinajstić information content (AvgIpc) is 2.16. The first-order chi connectivity index (χ1) is 7.49. The third kappa shape index (κ3) is 4.36. The lowest BCUT2D eigenvalue weighted by Crippen LogP contribution is -2.12. The van der Waals surface area contributed by atoms with Crippen LogP contribution in [0, 0.1) is 5.92 Å². The second kappa shape index (κ2) is 6.05. The minimum Gasteiger partial charge on any atom is -0.389 e. The molecule has 0 spiro atoms. The average molecular weight is 220 g/mol. The van der Waals surface area contributed by atoms with Crippen LogP contribution in [0.1, 0.15) is 47.0 Å². The molecule has 1 aliphatic rings. The summed E-state index contributed by atoms with van der Waals surface area (Å²) in [5, 5.41) is 9.85. The van der Waals surface area contributed by atoms with Gasteiger partial charge in [0.1, 0.15) is 0 Å². The van der Waals surface area contributed by atoms with Gasteiger partial charge in [0.25, 0.3) is 0 Å². The Morgan fingerprint density at radius 3 is 2.56 bits per heavy atom. The van der Waals surface area contributed by atoms with E-state index in [9.17, 15) is 5.11 Å². The normalized spacial score (nSPS) is 19.6. The minimum atomic E-state index is -0.298. The largest absolute Gasteiger partial charge is 0.389 e. The summed E-state index contributed by atoms with van der Waals surface area (Å²) in [5.41, 5.74) is 4.13. The zero-order valence-electron chi connectivity index (χ0n) is 11.0. The molecule has 0 amide bonds. The van der Waals surface area contributed by atoms with Crippen molar-refractivity contribution in [3.8, 4) is 0 Å². The maximum Gasteiger partial charge on any atom is 0.0728 e. The van der Waals surface area contributed by atoms with Crippen LogP contribution in [0.3, 0.4) is 0 Å². The van der Waals surface area contributed by atoms with Gasteiger partial charge < -0.3 is 5.11 Å². The van der Waals surface area contributed by atoms with E-state index >= 15 is 0 Å². The van der Waals surface area contributed by atoms with E-state index in [2.05, 4.69) is 26.0 Å². The Hall–Kier alpha value is -0.820. The molecule has 0 aromatic rings. The molecule has 0 saturated carbocycles. The van der Waals surface area contributed by atoms with Crippen molar-refractivity contribution in [2.24, 2.45) is 5.92 Å². The maximum absolute atomic E-state index is 9.85. The van der Waals surface area contributed by atoms with E-state index in [1.54, 1.807) is 0 Å². The van der Waals surface area contributed by atoms with Crippen LogP contribution < -0.4 is 0 Å². The van der Waals surface area contributed by atoms with E-state index in [1.165, 1.54) is 23.1 Å².